The van der Waals surface area contributed by atoms with Crippen molar-refractivity contribution >= 4 is 5.91 Å². The minimum Gasteiger partial charge on any atom is -0.348 e. The fourth-order valence-corrected chi connectivity index (χ4v) is 3.48. The van der Waals surface area contributed by atoms with Gasteiger partial charge >= 0.3 is 6.18 Å². The number of piperidine rings is 1. The third kappa shape index (κ3) is 4.26. The number of nitrogens with one attached hydrogen (secondary N) is 1. The number of halogens is 3. The first kappa shape index (κ1) is 18.5. The highest BCUT2D eigenvalue weighted by atomic mass is 19.4. The fourth-order valence-electron chi connectivity index (χ4n) is 3.48. The van der Waals surface area contributed by atoms with Crippen LogP contribution in [0.1, 0.15) is 46.6 Å². The Labute approximate surface area is 150 Å². The molecule has 26 heavy (non-hydrogen) atoms. The molecule has 2 heterocycles. The summed E-state index contributed by atoms with van der Waals surface area (Å²) in [5, 5.41) is 0. The van der Waals surface area contributed by atoms with Crippen LogP contribution in [0.5, 0.6) is 0 Å². The molecule has 1 amide bonds. The van der Waals surface area contributed by atoms with E-state index in [9.17, 15) is 18.0 Å². The first-order valence-corrected chi connectivity index (χ1v) is 8.80. The highest BCUT2D eigenvalue weighted by Gasteiger charge is 2.30. The van der Waals surface area contributed by atoms with E-state index in [4.69, 9.17) is 0 Å². The van der Waals surface area contributed by atoms with Crippen LogP contribution in [0, 0.1) is 12.8 Å². The van der Waals surface area contributed by atoms with Crippen molar-refractivity contribution in [2.75, 3.05) is 13.1 Å². The van der Waals surface area contributed by atoms with Gasteiger partial charge in [-0.15, -0.1) is 0 Å². The largest absolute Gasteiger partial charge is 0.416 e. The topological polar surface area (TPSA) is 49.0 Å². The number of rotatable bonds is 4. The zero-order chi connectivity index (χ0) is 18.7. The van der Waals surface area contributed by atoms with Crippen LogP contribution in [0.25, 0.3) is 0 Å². The summed E-state index contributed by atoms with van der Waals surface area (Å²) in [4.78, 5) is 21.4. The van der Waals surface area contributed by atoms with E-state index in [2.05, 4.69) is 9.97 Å². The fraction of sp³-hybridized carbons (Fsp3) is 0.474. The number of imidazole rings is 1. The molecule has 1 aliphatic heterocycles. The van der Waals surface area contributed by atoms with Gasteiger partial charge in [0.1, 0.15) is 5.69 Å². The molecule has 4 nitrogen and oxygen atoms in total. The zero-order valence-corrected chi connectivity index (χ0v) is 14.6. The van der Waals surface area contributed by atoms with Crippen LogP contribution in [0.15, 0.2) is 30.6 Å². The number of nitrogens with zero attached hydrogens (tertiary/aromatic N) is 2. The minimum atomic E-state index is -4.31. The number of hydrogen-bond acceptors (Lipinski definition) is 2. The number of aryl methyl sites for hydroxylation is 2. The molecule has 1 atom stereocenters. The predicted octanol–water partition coefficient (Wildman–Crippen LogP) is 4.22. The Kier molecular flexibility index (Phi) is 5.34. The Morgan fingerprint density at radius 3 is 2.88 bits per heavy atom. The predicted molar refractivity (Wildman–Crippen MR) is 91.7 cm³/mol. The normalized spacial score (nSPS) is 18.2. The minimum absolute atomic E-state index is 0.0764. The zero-order valence-electron chi connectivity index (χ0n) is 14.6. The van der Waals surface area contributed by atoms with E-state index in [-0.39, 0.29) is 5.91 Å². The van der Waals surface area contributed by atoms with Gasteiger partial charge in [-0.1, -0.05) is 18.2 Å². The molecule has 0 bridgehead atoms. The molecule has 3 rings (SSSR count). The summed E-state index contributed by atoms with van der Waals surface area (Å²) in [5.41, 5.74) is 1.28. The van der Waals surface area contributed by atoms with Gasteiger partial charge in [-0.2, -0.15) is 13.2 Å². The Morgan fingerprint density at radius 2 is 2.19 bits per heavy atom. The quantitative estimate of drug-likeness (QED) is 0.882. The lowest BCUT2D eigenvalue weighted by atomic mass is 9.91. The number of benzene rings is 1. The first-order chi connectivity index (χ1) is 12.3. The van der Waals surface area contributed by atoms with Crippen molar-refractivity contribution in [3.05, 3.63) is 53.1 Å². The van der Waals surface area contributed by atoms with Gasteiger partial charge in [0.25, 0.3) is 5.91 Å². The van der Waals surface area contributed by atoms with Crippen LogP contribution in [0.2, 0.25) is 0 Å². The van der Waals surface area contributed by atoms with Crippen molar-refractivity contribution in [3.8, 4) is 0 Å². The van der Waals surface area contributed by atoms with E-state index in [0.29, 0.717) is 36.7 Å². The molecule has 0 aliphatic carbocycles. The van der Waals surface area contributed by atoms with Crippen LogP contribution < -0.4 is 0 Å². The lowest BCUT2D eigenvalue weighted by Gasteiger charge is -2.32. The van der Waals surface area contributed by atoms with Gasteiger partial charge in [-0.25, -0.2) is 4.98 Å². The number of amides is 1. The third-order valence-electron chi connectivity index (χ3n) is 4.93. The van der Waals surface area contributed by atoms with Crippen molar-refractivity contribution in [1.29, 1.82) is 0 Å². The molecule has 1 aromatic carbocycles. The Bertz CT molecular complexity index is 769. The van der Waals surface area contributed by atoms with E-state index in [0.717, 1.165) is 31.0 Å². The summed E-state index contributed by atoms with van der Waals surface area (Å²) in [6.45, 7) is 3.14. The molecule has 2 aromatic rings. The van der Waals surface area contributed by atoms with E-state index in [1.54, 1.807) is 6.07 Å². The molecule has 1 unspecified atom stereocenters. The van der Waals surface area contributed by atoms with Gasteiger partial charge < -0.3 is 9.88 Å². The molecule has 1 aliphatic rings. The number of H-pyrrole nitrogens is 1. The molecule has 0 saturated carbocycles. The molecule has 0 radical (unpaired) electrons. The van der Waals surface area contributed by atoms with Crippen LogP contribution in [0.4, 0.5) is 13.2 Å². The maximum absolute atomic E-state index is 12.8. The maximum atomic E-state index is 12.8. The Hall–Kier alpha value is -2.31. The second-order valence-corrected chi connectivity index (χ2v) is 6.87. The van der Waals surface area contributed by atoms with Crippen LogP contribution in [-0.2, 0) is 12.6 Å². The van der Waals surface area contributed by atoms with E-state index >= 15 is 0 Å². The molecule has 1 saturated heterocycles. The average molecular weight is 365 g/mol. The number of alkyl halides is 3. The van der Waals surface area contributed by atoms with Crippen LogP contribution in [0.3, 0.4) is 0 Å². The third-order valence-corrected chi connectivity index (χ3v) is 4.93. The van der Waals surface area contributed by atoms with Gasteiger partial charge in [0.15, 0.2) is 0 Å². The summed E-state index contributed by atoms with van der Waals surface area (Å²) >= 11 is 0. The summed E-state index contributed by atoms with van der Waals surface area (Å²) in [6, 6.07) is 5.50. The van der Waals surface area contributed by atoms with Gasteiger partial charge in [-0.3, -0.25) is 4.79 Å². The lowest BCUT2D eigenvalue weighted by molar-refractivity contribution is -0.137. The molecule has 7 heteroatoms. The van der Waals surface area contributed by atoms with Crippen LogP contribution >= 0.6 is 0 Å². The molecule has 0 spiro atoms. The van der Waals surface area contributed by atoms with Gasteiger partial charge in [-0.05, 0) is 50.2 Å². The van der Waals surface area contributed by atoms with Crippen molar-refractivity contribution in [2.24, 2.45) is 5.92 Å². The molecular weight excluding hydrogens is 343 g/mol. The molecule has 1 N–H and O–H groups in total. The molecule has 1 aromatic heterocycles. The van der Waals surface area contributed by atoms with E-state index in [1.165, 1.54) is 18.5 Å². The number of hydrogen-bond donors (Lipinski definition) is 1. The second kappa shape index (κ2) is 7.51. The number of likely N-dealkylation sites (tertiary alicyclic amines) is 1. The second-order valence-electron chi connectivity index (χ2n) is 6.87. The molecule has 1 fully saturated rings. The lowest BCUT2D eigenvalue weighted by Crippen LogP contribution is -2.40. The first-order valence-electron chi connectivity index (χ1n) is 8.80. The van der Waals surface area contributed by atoms with Gasteiger partial charge in [0.2, 0.25) is 0 Å². The van der Waals surface area contributed by atoms with Crippen molar-refractivity contribution in [3.63, 3.8) is 0 Å². The number of carbonyl (C=O) groups is 1. The molecule has 140 valence electrons. The number of aromatic amines is 1. The summed E-state index contributed by atoms with van der Waals surface area (Å²) in [5.74, 6) is 0.217. The summed E-state index contributed by atoms with van der Waals surface area (Å²) < 4.78 is 38.5. The smallest absolute Gasteiger partial charge is 0.348 e. The van der Waals surface area contributed by atoms with Gasteiger partial charge in [0, 0.05) is 18.8 Å². The standard InChI is InChI=1S/C19H22F3N3O/c1-13-17(24-12-23-13)18(26)25-9-3-5-15(11-25)8-7-14-4-2-6-16(10-14)19(20,21)22/h2,4,6,10,12,15H,3,5,7-9,11H2,1H3,(H,23,24). The van der Waals surface area contributed by atoms with Crippen molar-refractivity contribution in [2.45, 2.75) is 38.8 Å². The number of carbonyl (C=O) groups excluding carboxylic acids is 1. The SMILES string of the molecule is Cc1[nH]cnc1C(=O)N1CCCC(CCc2cccc(C(F)(F)F)c2)C1. The van der Waals surface area contributed by atoms with E-state index < -0.39 is 11.7 Å². The Balaban J connectivity index is 1.59. The Morgan fingerprint density at radius 1 is 1.38 bits per heavy atom. The summed E-state index contributed by atoms with van der Waals surface area (Å²) in [7, 11) is 0. The average Bonchev–Trinajstić information content (AvgIpc) is 3.05. The summed E-state index contributed by atoms with van der Waals surface area (Å²) in [6.07, 6.45) is 0.441. The maximum Gasteiger partial charge on any atom is 0.416 e. The van der Waals surface area contributed by atoms with E-state index in [1.807, 2.05) is 11.8 Å². The monoisotopic (exact) mass is 365 g/mol. The van der Waals surface area contributed by atoms with Crippen molar-refractivity contribution < 1.29 is 18.0 Å². The van der Waals surface area contributed by atoms with Gasteiger partial charge in [0.05, 0.1) is 11.9 Å². The van der Waals surface area contributed by atoms with Crippen molar-refractivity contribution in [1.82, 2.24) is 14.9 Å². The molecular formula is C19H22F3N3O. The number of aromatic nitrogens is 2. The van der Waals surface area contributed by atoms with Crippen LogP contribution in [-0.4, -0.2) is 33.9 Å². The highest BCUT2D eigenvalue weighted by molar-refractivity contribution is 5.93. The highest BCUT2D eigenvalue weighted by Crippen LogP contribution is 2.30.